The third-order valence-electron chi connectivity index (χ3n) is 4.76. The molecule has 4 nitrogen and oxygen atoms in total. The van der Waals surface area contributed by atoms with E-state index in [1.165, 1.54) is 6.07 Å². The van der Waals surface area contributed by atoms with Gasteiger partial charge in [-0.25, -0.2) is 0 Å². The Balaban J connectivity index is 1.68. The molecule has 0 aliphatic heterocycles. The van der Waals surface area contributed by atoms with Crippen molar-refractivity contribution in [1.29, 1.82) is 0 Å². The van der Waals surface area contributed by atoms with Crippen LogP contribution in [0.3, 0.4) is 0 Å². The Labute approximate surface area is 189 Å². The van der Waals surface area contributed by atoms with Gasteiger partial charge in [0, 0.05) is 30.0 Å². The number of alkyl halides is 3. The fourth-order valence-electron chi connectivity index (χ4n) is 3.16. The van der Waals surface area contributed by atoms with Crippen molar-refractivity contribution in [2.75, 3.05) is 13.2 Å². The fraction of sp³-hybridized carbons (Fsp3) is 0.208. The van der Waals surface area contributed by atoms with Crippen molar-refractivity contribution in [2.24, 2.45) is 0 Å². The molecule has 168 valence electrons. The first-order valence-electron chi connectivity index (χ1n) is 9.83. The average molecular weight is 463 g/mol. The van der Waals surface area contributed by atoms with Crippen LogP contribution in [0, 0.1) is 0 Å². The molecule has 0 saturated carbocycles. The van der Waals surface area contributed by atoms with E-state index in [9.17, 15) is 18.0 Å². The minimum Gasteiger partial charge on any atom is -0.484 e. The van der Waals surface area contributed by atoms with Crippen LogP contribution in [0.4, 0.5) is 13.2 Å². The zero-order valence-electron chi connectivity index (χ0n) is 17.2. The summed E-state index contributed by atoms with van der Waals surface area (Å²) < 4.78 is 46.4. The van der Waals surface area contributed by atoms with Gasteiger partial charge in [-0.3, -0.25) is 4.79 Å². The van der Waals surface area contributed by atoms with Crippen molar-refractivity contribution in [2.45, 2.75) is 19.3 Å². The first kappa shape index (κ1) is 23.5. The number of carbonyl (C=O) groups is 1. The number of nitrogens with zero attached hydrogens (tertiary/aromatic N) is 2. The third-order valence-corrected chi connectivity index (χ3v) is 5.01. The molecule has 1 heterocycles. The van der Waals surface area contributed by atoms with Crippen LogP contribution in [-0.4, -0.2) is 28.5 Å². The monoisotopic (exact) mass is 462 g/mol. The molecule has 2 aromatic carbocycles. The highest BCUT2D eigenvalue weighted by Crippen LogP contribution is 2.29. The summed E-state index contributed by atoms with van der Waals surface area (Å²) in [6.07, 6.45) is -1.01. The molecule has 0 radical (unpaired) electrons. The van der Waals surface area contributed by atoms with Crippen molar-refractivity contribution in [1.82, 2.24) is 9.47 Å². The van der Waals surface area contributed by atoms with E-state index in [4.69, 9.17) is 16.3 Å². The molecule has 0 N–H and O–H groups in total. The smallest absolute Gasteiger partial charge is 0.416 e. The summed E-state index contributed by atoms with van der Waals surface area (Å²) in [5.41, 5.74) is 0.612. The number of amides is 1. The lowest BCUT2D eigenvalue weighted by molar-refractivity contribution is -0.137. The fourth-order valence-corrected chi connectivity index (χ4v) is 3.29. The minimum atomic E-state index is -4.40. The lowest BCUT2D eigenvalue weighted by Crippen LogP contribution is -2.35. The number of hydrogen-bond donors (Lipinski definition) is 0. The minimum absolute atomic E-state index is 0.163. The van der Waals surface area contributed by atoms with Gasteiger partial charge in [-0.1, -0.05) is 29.8 Å². The Kier molecular flexibility index (Phi) is 7.64. The molecule has 1 aromatic heterocycles. The molecule has 1 amide bonds. The summed E-state index contributed by atoms with van der Waals surface area (Å²) in [4.78, 5) is 14.3. The van der Waals surface area contributed by atoms with Gasteiger partial charge in [0.15, 0.2) is 6.61 Å². The molecule has 0 fully saturated rings. The van der Waals surface area contributed by atoms with Crippen molar-refractivity contribution in [3.8, 4) is 5.75 Å². The molecule has 0 aliphatic carbocycles. The van der Waals surface area contributed by atoms with E-state index in [2.05, 4.69) is 6.58 Å². The van der Waals surface area contributed by atoms with Gasteiger partial charge in [-0.15, -0.1) is 6.58 Å². The Morgan fingerprint density at radius 2 is 1.88 bits per heavy atom. The second kappa shape index (κ2) is 10.4. The van der Waals surface area contributed by atoms with E-state index >= 15 is 0 Å². The highest BCUT2D eigenvalue weighted by Gasteiger charge is 2.30. The average Bonchev–Trinajstić information content (AvgIpc) is 3.19. The Morgan fingerprint density at radius 3 is 2.56 bits per heavy atom. The SMILES string of the molecule is C=CCN(Cc1cccn1Cc1cccc(C(F)(F)F)c1)C(=O)COc1ccc(Cl)cc1. The number of rotatable bonds is 9. The number of carbonyl (C=O) groups excluding carboxylic acids is 1. The van der Waals surface area contributed by atoms with E-state index < -0.39 is 11.7 Å². The van der Waals surface area contributed by atoms with E-state index in [-0.39, 0.29) is 25.6 Å². The molecular formula is C24H22ClF3N2O2. The van der Waals surface area contributed by atoms with Crippen LogP contribution >= 0.6 is 11.6 Å². The summed E-state index contributed by atoms with van der Waals surface area (Å²) in [6, 6.07) is 15.5. The third kappa shape index (κ3) is 6.40. The molecular weight excluding hydrogens is 441 g/mol. The van der Waals surface area contributed by atoms with E-state index in [1.54, 1.807) is 53.6 Å². The van der Waals surface area contributed by atoms with E-state index in [1.807, 2.05) is 10.6 Å². The van der Waals surface area contributed by atoms with Crippen molar-refractivity contribution >= 4 is 17.5 Å². The summed E-state index contributed by atoms with van der Waals surface area (Å²) in [6.45, 7) is 4.36. The van der Waals surface area contributed by atoms with Crippen LogP contribution in [-0.2, 0) is 24.1 Å². The molecule has 3 aromatic rings. The van der Waals surface area contributed by atoms with Gasteiger partial charge in [0.25, 0.3) is 5.91 Å². The van der Waals surface area contributed by atoms with Gasteiger partial charge >= 0.3 is 6.18 Å². The largest absolute Gasteiger partial charge is 0.484 e. The van der Waals surface area contributed by atoms with Crippen LogP contribution in [0.25, 0.3) is 0 Å². The highest BCUT2D eigenvalue weighted by molar-refractivity contribution is 6.30. The zero-order chi connectivity index (χ0) is 23.1. The lowest BCUT2D eigenvalue weighted by Gasteiger charge is -2.22. The first-order chi connectivity index (χ1) is 15.3. The standard InChI is InChI=1S/C24H22ClF3N2O2/c1-2-12-30(23(31)17-32-22-10-8-20(25)9-11-22)16-21-7-4-13-29(21)15-18-5-3-6-19(14-18)24(26,27)28/h2-11,13-14H,1,12,15-17H2. The maximum absolute atomic E-state index is 13.0. The molecule has 0 atom stereocenters. The quantitative estimate of drug-likeness (QED) is 0.376. The van der Waals surface area contributed by atoms with Crippen LogP contribution in [0.2, 0.25) is 5.02 Å². The van der Waals surface area contributed by atoms with Crippen LogP contribution in [0.1, 0.15) is 16.8 Å². The summed E-state index contributed by atoms with van der Waals surface area (Å²) in [5, 5.41) is 0.568. The van der Waals surface area contributed by atoms with Crippen LogP contribution in [0.15, 0.2) is 79.5 Å². The van der Waals surface area contributed by atoms with Crippen molar-refractivity contribution < 1.29 is 22.7 Å². The Hall–Kier alpha value is -3.19. The second-order valence-corrected chi connectivity index (χ2v) is 7.57. The summed E-state index contributed by atoms with van der Waals surface area (Å²) in [7, 11) is 0. The molecule has 0 bridgehead atoms. The Bertz CT molecular complexity index is 1060. The predicted octanol–water partition coefficient (Wildman–Crippen LogP) is 5.80. The number of halogens is 4. The Morgan fingerprint density at radius 1 is 1.12 bits per heavy atom. The number of hydrogen-bond acceptors (Lipinski definition) is 2. The normalized spacial score (nSPS) is 11.2. The number of benzene rings is 2. The van der Waals surface area contributed by atoms with Gasteiger partial charge in [-0.2, -0.15) is 13.2 Å². The summed E-state index contributed by atoms with van der Waals surface area (Å²) in [5.74, 6) is 0.279. The van der Waals surface area contributed by atoms with Gasteiger partial charge in [0.1, 0.15) is 5.75 Å². The van der Waals surface area contributed by atoms with Gasteiger partial charge < -0.3 is 14.2 Å². The van der Waals surface area contributed by atoms with Crippen LogP contribution < -0.4 is 4.74 Å². The van der Waals surface area contributed by atoms with Gasteiger partial charge in [0.05, 0.1) is 12.1 Å². The second-order valence-electron chi connectivity index (χ2n) is 7.13. The first-order valence-corrected chi connectivity index (χ1v) is 10.2. The molecule has 0 saturated heterocycles. The van der Waals surface area contributed by atoms with Crippen molar-refractivity contribution in [3.63, 3.8) is 0 Å². The maximum Gasteiger partial charge on any atom is 0.416 e. The molecule has 32 heavy (non-hydrogen) atoms. The number of ether oxygens (including phenoxy) is 1. The van der Waals surface area contributed by atoms with Crippen molar-refractivity contribution in [3.05, 3.63) is 101 Å². The zero-order valence-corrected chi connectivity index (χ0v) is 17.9. The number of aromatic nitrogens is 1. The molecule has 3 rings (SSSR count). The molecule has 8 heteroatoms. The molecule has 0 unspecified atom stereocenters. The highest BCUT2D eigenvalue weighted by atomic mass is 35.5. The topological polar surface area (TPSA) is 34.5 Å². The lowest BCUT2D eigenvalue weighted by atomic mass is 10.1. The van der Waals surface area contributed by atoms with Gasteiger partial charge in [-0.05, 0) is 54.1 Å². The van der Waals surface area contributed by atoms with Gasteiger partial charge in [0.2, 0.25) is 0 Å². The molecule has 0 spiro atoms. The van der Waals surface area contributed by atoms with E-state index in [0.717, 1.165) is 17.8 Å². The maximum atomic E-state index is 13.0. The summed E-state index contributed by atoms with van der Waals surface area (Å²) >= 11 is 5.85. The van der Waals surface area contributed by atoms with Crippen LogP contribution in [0.5, 0.6) is 5.75 Å². The van der Waals surface area contributed by atoms with E-state index in [0.29, 0.717) is 22.9 Å². The predicted molar refractivity (Wildman–Crippen MR) is 118 cm³/mol. The molecule has 0 aliphatic rings.